The molecule has 0 aliphatic rings. The molecule has 1 aromatic rings. The molecule has 1 rings (SSSR count). The first-order valence-corrected chi connectivity index (χ1v) is 8.31. The molecule has 0 saturated carbocycles. The van der Waals surface area contributed by atoms with Crippen molar-refractivity contribution in [3.8, 4) is 11.5 Å². The van der Waals surface area contributed by atoms with E-state index in [2.05, 4.69) is 13.8 Å². The highest BCUT2D eigenvalue weighted by molar-refractivity contribution is 5.94. The van der Waals surface area contributed by atoms with Crippen molar-refractivity contribution in [2.24, 2.45) is 11.7 Å². The van der Waals surface area contributed by atoms with E-state index in [4.69, 9.17) is 15.2 Å². The van der Waals surface area contributed by atoms with Gasteiger partial charge < -0.3 is 20.1 Å². The Labute approximate surface area is 151 Å². The first-order valence-electron chi connectivity index (χ1n) is 8.31. The minimum atomic E-state index is -0.0371. The topological polar surface area (TPSA) is 64.8 Å². The van der Waals surface area contributed by atoms with Crippen LogP contribution in [0.15, 0.2) is 18.2 Å². The summed E-state index contributed by atoms with van der Waals surface area (Å²) >= 11 is 0. The van der Waals surface area contributed by atoms with Crippen molar-refractivity contribution in [1.82, 2.24) is 4.90 Å². The zero-order valence-electron chi connectivity index (χ0n) is 15.4. The Morgan fingerprint density at radius 3 is 2.29 bits per heavy atom. The predicted molar refractivity (Wildman–Crippen MR) is 100 cm³/mol. The molecule has 0 bridgehead atoms. The van der Waals surface area contributed by atoms with E-state index in [9.17, 15) is 4.79 Å². The Kier molecular flexibility index (Phi) is 10.5. The molecular weight excluding hydrogens is 328 g/mol. The van der Waals surface area contributed by atoms with Gasteiger partial charge in [-0.3, -0.25) is 4.79 Å². The summed E-state index contributed by atoms with van der Waals surface area (Å²) in [6, 6.07) is 5.41. The average molecular weight is 359 g/mol. The molecule has 1 atom stereocenters. The summed E-state index contributed by atoms with van der Waals surface area (Å²) in [7, 11) is 1.80. The van der Waals surface area contributed by atoms with Crippen molar-refractivity contribution in [2.45, 2.75) is 40.2 Å². The standard InChI is InChI=1S/C18H30N2O3.ClH/c1-6-22-16-9-8-14(12-17(16)23-7-2)18(21)20(5)11-10-15(19)13(3)4;/h8-9,12-13,15H,6-7,10-11,19H2,1-5H3;1H. The van der Waals surface area contributed by atoms with E-state index in [-0.39, 0.29) is 24.4 Å². The van der Waals surface area contributed by atoms with E-state index < -0.39 is 0 Å². The number of hydrogen-bond donors (Lipinski definition) is 1. The smallest absolute Gasteiger partial charge is 0.253 e. The fourth-order valence-electron chi connectivity index (χ4n) is 2.18. The molecule has 24 heavy (non-hydrogen) atoms. The highest BCUT2D eigenvalue weighted by atomic mass is 35.5. The molecule has 0 spiro atoms. The number of nitrogens with two attached hydrogens (primary N) is 1. The second-order valence-corrected chi connectivity index (χ2v) is 5.95. The molecule has 0 fully saturated rings. The average Bonchev–Trinajstić information content (AvgIpc) is 2.53. The van der Waals surface area contributed by atoms with Crippen molar-refractivity contribution in [2.75, 3.05) is 26.8 Å². The van der Waals surface area contributed by atoms with Crippen LogP contribution < -0.4 is 15.2 Å². The molecule has 0 aliphatic carbocycles. The summed E-state index contributed by atoms with van der Waals surface area (Å²) in [5.74, 6) is 1.64. The summed E-state index contributed by atoms with van der Waals surface area (Å²) in [5.41, 5.74) is 6.64. The summed E-state index contributed by atoms with van der Waals surface area (Å²) in [6.45, 7) is 9.72. The molecule has 0 radical (unpaired) electrons. The van der Waals surface area contributed by atoms with Crippen molar-refractivity contribution in [3.05, 3.63) is 23.8 Å². The van der Waals surface area contributed by atoms with Crippen LogP contribution in [-0.2, 0) is 0 Å². The van der Waals surface area contributed by atoms with E-state index in [1.165, 1.54) is 0 Å². The number of carbonyl (C=O) groups excluding carboxylic acids is 1. The third-order valence-electron chi connectivity index (χ3n) is 3.79. The Bertz CT molecular complexity index is 509. The third kappa shape index (κ3) is 6.57. The highest BCUT2D eigenvalue weighted by Crippen LogP contribution is 2.29. The lowest BCUT2D eigenvalue weighted by Gasteiger charge is -2.22. The normalized spacial score (nSPS) is 11.6. The number of benzene rings is 1. The van der Waals surface area contributed by atoms with Gasteiger partial charge in [0.2, 0.25) is 0 Å². The van der Waals surface area contributed by atoms with Crippen LogP contribution >= 0.6 is 12.4 Å². The van der Waals surface area contributed by atoms with Gasteiger partial charge in [-0.15, -0.1) is 12.4 Å². The monoisotopic (exact) mass is 358 g/mol. The Morgan fingerprint density at radius 2 is 1.75 bits per heavy atom. The lowest BCUT2D eigenvalue weighted by Crippen LogP contribution is -2.34. The molecule has 0 saturated heterocycles. The van der Waals surface area contributed by atoms with E-state index in [0.717, 1.165) is 6.42 Å². The zero-order chi connectivity index (χ0) is 17.4. The van der Waals surface area contributed by atoms with Crippen LogP contribution in [0.3, 0.4) is 0 Å². The number of amides is 1. The van der Waals surface area contributed by atoms with Gasteiger partial charge in [0.15, 0.2) is 11.5 Å². The quantitative estimate of drug-likeness (QED) is 0.735. The number of halogens is 1. The fraction of sp³-hybridized carbons (Fsp3) is 0.611. The molecule has 5 nitrogen and oxygen atoms in total. The van der Waals surface area contributed by atoms with Gasteiger partial charge in [-0.2, -0.15) is 0 Å². The maximum atomic E-state index is 12.5. The summed E-state index contributed by atoms with van der Waals surface area (Å²) < 4.78 is 11.1. The van der Waals surface area contributed by atoms with E-state index >= 15 is 0 Å². The van der Waals surface area contributed by atoms with Gasteiger partial charge in [0, 0.05) is 25.2 Å². The molecular formula is C18H31ClN2O3. The Hall–Kier alpha value is -1.46. The lowest BCUT2D eigenvalue weighted by molar-refractivity contribution is 0.0788. The van der Waals surface area contributed by atoms with E-state index in [1.807, 2.05) is 13.8 Å². The van der Waals surface area contributed by atoms with Crippen LogP contribution in [-0.4, -0.2) is 43.7 Å². The van der Waals surface area contributed by atoms with Gasteiger partial charge in [-0.25, -0.2) is 0 Å². The molecule has 0 aromatic heterocycles. The van der Waals surface area contributed by atoms with E-state index in [1.54, 1.807) is 30.1 Å². The number of rotatable bonds is 9. The van der Waals surface area contributed by atoms with Gasteiger partial charge in [0.1, 0.15) is 0 Å². The zero-order valence-corrected chi connectivity index (χ0v) is 16.2. The van der Waals surface area contributed by atoms with Crippen LogP contribution in [0.2, 0.25) is 0 Å². The summed E-state index contributed by atoms with van der Waals surface area (Å²) in [5, 5.41) is 0. The van der Waals surface area contributed by atoms with E-state index in [0.29, 0.717) is 42.7 Å². The minimum absolute atomic E-state index is 0. The summed E-state index contributed by atoms with van der Waals surface area (Å²) in [4.78, 5) is 14.2. The Morgan fingerprint density at radius 1 is 1.17 bits per heavy atom. The number of ether oxygens (including phenoxy) is 2. The SMILES string of the molecule is CCOc1ccc(C(=O)N(C)CCC(N)C(C)C)cc1OCC.Cl. The largest absolute Gasteiger partial charge is 0.490 e. The van der Waals surface area contributed by atoms with Gasteiger partial charge in [0.05, 0.1) is 13.2 Å². The highest BCUT2D eigenvalue weighted by Gasteiger charge is 2.16. The predicted octanol–water partition coefficient (Wildman–Crippen LogP) is 3.35. The van der Waals surface area contributed by atoms with Crippen LogP contribution in [0.4, 0.5) is 0 Å². The fourth-order valence-corrected chi connectivity index (χ4v) is 2.18. The minimum Gasteiger partial charge on any atom is -0.490 e. The number of nitrogens with zero attached hydrogens (tertiary/aromatic N) is 1. The first kappa shape index (κ1) is 22.5. The van der Waals surface area contributed by atoms with Crippen LogP contribution in [0.5, 0.6) is 11.5 Å². The second-order valence-electron chi connectivity index (χ2n) is 5.95. The molecule has 138 valence electrons. The van der Waals surface area contributed by atoms with Gasteiger partial charge in [0.25, 0.3) is 5.91 Å². The maximum absolute atomic E-state index is 12.5. The second kappa shape index (κ2) is 11.2. The molecule has 1 amide bonds. The number of carbonyl (C=O) groups is 1. The molecule has 1 aromatic carbocycles. The van der Waals surface area contributed by atoms with Crippen LogP contribution in [0.25, 0.3) is 0 Å². The Balaban J connectivity index is 0.00000529. The van der Waals surface area contributed by atoms with Crippen LogP contribution in [0.1, 0.15) is 44.5 Å². The maximum Gasteiger partial charge on any atom is 0.253 e. The van der Waals surface area contributed by atoms with Crippen molar-refractivity contribution in [3.63, 3.8) is 0 Å². The first-order chi connectivity index (χ1) is 10.9. The van der Waals surface area contributed by atoms with Crippen LogP contribution in [0, 0.1) is 5.92 Å². The van der Waals surface area contributed by atoms with Gasteiger partial charge in [-0.1, -0.05) is 13.8 Å². The molecule has 2 N–H and O–H groups in total. The molecule has 0 aliphatic heterocycles. The van der Waals surface area contributed by atoms with Crippen molar-refractivity contribution >= 4 is 18.3 Å². The lowest BCUT2D eigenvalue weighted by atomic mass is 10.0. The number of hydrogen-bond acceptors (Lipinski definition) is 4. The van der Waals surface area contributed by atoms with Crippen molar-refractivity contribution in [1.29, 1.82) is 0 Å². The van der Waals surface area contributed by atoms with Crippen molar-refractivity contribution < 1.29 is 14.3 Å². The third-order valence-corrected chi connectivity index (χ3v) is 3.79. The molecule has 6 heteroatoms. The molecule has 0 heterocycles. The van der Waals surface area contributed by atoms with Gasteiger partial charge >= 0.3 is 0 Å². The van der Waals surface area contributed by atoms with Gasteiger partial charge in [-0.05, 0) is 44.4 Å². The molecule has 1 unspecified atom stereocenters. The summed E-state index contributed by atoms with van der Waals surface area (Å²) in [6.07, 6.45) is 0.787.